The van der Waals surface area contributed by atoms with E-state index in [1.807, 2.05) is 24.3 Å². The van der Waals surface area contributed by atoms with Crippen LogP contribution in [0.1, 0.15) is 12.5 Å². The second-order valence-electron chi connectivity index (χ2n) is 4.10. The number of aliphatic hydroxyl groups is 1. The molecule has 0 fully saturated rings. The van der Waals surface area contributed by atoms with Crippen molar-refractivity contribution in [2.24, 2.45) is 17.6 Å². The molecule has 0 bridgehead atoms. The maximum Gasteiger partial charge on any atom is 0.0474 e. The van der Waals surface area contributed by atoms with Gasteiger partial charge in [-0.1, -0.05) is 19.1 Å². The lowest BCUT2D eigenvalue weighted by molar-refractivity contribution is 0.187. The number of rotatable bonds is 5. The van der Waals surface area contributed by atoms with E-state index in [4.69, 9.17) is 16.6 Å². The van der Waals surface area contributed by atoms with Crippen LogP contribution in [0, 0.1) is 11.8 Å². The van der Waals surface area contributed by atoms with Crippen LogP contribution < -0.4 is 11.5 Å². The molecule has 0 spiro atoms. The van der Waals surface area contributed by atoms with Gasteiger partial charge in [0.05, 0.1) is 0 Å². The van der Waals surface area contributed by atoms with E-state index in [0.717, 1.165) is 12.1 Å². The minimum Gasteiger partial charge on any atom is -0.399 e. The lowest BCUT2D eigenvalue weighted by Crippen LogP contribution is -2.26. The Morgan fingerprint density at radius 2 is 1.87 bits per heavy atom. The first kappa shape index (κ1) is 12.0. The normalized spacial score (nSPS) is 14.9. The third kappa shape index (κ3) is 3.53. The fraction of sp³-hybridized carbons (Fsp3) is 0.500. The fourth-order valence-electron chi connectivity index (χ4n) is 1.68. The molecule has 0 aliphatic rings. The highest BCUT2D eigenvalue weighted by Crippen LogP contribution is 2.17. The Bertz CT molecular complexity index is 280. The molecule has 0 saturated heterocycles. The predicted octanol–water partition coefficient (Wildman–Crippen LogP) is 1.01. The third-order valence-corrected chi connectivity index (χ3v) is 2.88. The second-order valence-corrected chi connectivity index (χ2v) is 4.10. The smallest absolute Gasteiger partial charge is 0.0474 e. The molecule has 0 aromatic heterocycles. The zero-order chi connectivity index (χ0) is 11.3. The van der Waals surface area contributed by atoms with Gasteiger partial charge in [0.1, 0.15) is 0 Å². The second kappa shape index (κ2) is 5.73. The molecule has 84 valence electrons. The molecule has 0 saturated carbocycles. The summed E-state index contributed by atoms with van der Waals surface area (Å²) in [5.41, 5.74) is 13.2. The van der Waals surface area contributed by atoms with Gasteiger partial charge in [-0.2, -0.15) is 0 Å². The molecule has 1 rings (SSSR count). The van der Waals surface area contributed by atoms with E-state index in [1.54, 1.807) is 0 Å². The summed E-state index contributed by atoms with van der Waals surface area (Å²) in [5.74, 6) is 0.575. The van der Waals surface area contributed by atoms with Crippen molar-refractivity contribution in [1.29, 1.82) is 0 Å². The molecule has 0 radical (unpaired) electrons. The van der Waals surface area contributed by atoms with Crippen molar-refractivity contribution in [2.75, 3.05) is 18.9 Å². The highest BCUT2D eigenvalue weighted by Gasteiger charge is 2.14. The molecule has 2 unspecified atom stereocenters. The van der Waals surface area contributed by atoms with Gasteiger partial charge in [-0.25, -0.2) is 0 Å². The van der Waals surface area contributed by atoms with Crippen LogP contribution in [0.3, 0.4) is 0 Å². The number of nitrogens with two attached hydrogens (primary N) is 2. The van der Waals surface area contributed by atoms with Crippen LogP contribution in [0.4, 0.5) is 5.69 Å². The van der Waals surface area contributed by atoms with E-state index >= 15 is 0 Å². The van der Waals surface area contributed by atoms with Gasteiger partial charge in [-0.05, 0) is 42.5 Å². The Balaban J connectivity index is 2.57. The first-order valence-electron chi connectivity index (χ1n) is 5.32. The van der Waals surface area contributed by atoms with Crippen molar-refractivity contribution in [3.63, 3.8) is 0 Å². The van der Waals surface area contributed by atoms with Crippen LogP contribution in [-0.2, 0) is 6.42 Å². The molecular weight excluding hydrogens is 188 g/mol. The van der Waals surface area contributed by atoms with E-state index in [-0.39, 0.29) is 12.5 Å². The average Bonchev–Trinajstić information content (AvgIpc) is 2.23. The Labute approximate surface area is 91.1 Å². The summed E-state index contributed by atoms with van der Waals surface area (Å²) >= 11 is 0. The summed E-state index contributed by atoms with van der Waals surface area (Å²) < 4.78 is 0. The summed E-state index contributed by atoms with van der Waals surface area (Å²) in [5, 5.41) is 9.12. The molecule has 0 amide bonds. The molecule has 3 nitrogen and oxygen atoms in total. The number of nitrogen functional groups attached to an aromatic ring is 1. The van der Waals surface area contributed by atoms with Crippen LogP contribution in [0.25, 0.3) is 0 Å². The van der Waals surface area contributed by atoms with Crippen molar-refractivity contribution in [3.05, 3.63) is 29.8 Å². The minimum absolute atomic E-state index is 0.159. The molecule has 3 heteroatoms. The van der Waals surface area contributed by atoms with Crippen molar-refractivity contribution in [1.82, 2.24) is 0 Å². The molecule has 0 heterocycles. The summed E-state index contributed by atoms with van der Waals surface area (Å²) in [6.45, 7) is 2.81. The molecule has 1 aromatic rings. The van der Waals surface area contributed by atoms with Gasteiger partial charge in [0, 0.05) is 12.3 Å². The van der Waals surface area contributed by atoms with E-state index < -0.39 is 0 Å². The highest BCUT2D eigenvalue weighted by atomic mass is 16.3. The Kier molecular flexibility index (Phi) is 4.59. The largest absolute Gasteiger partial charge is 0.399 e. The first-order valence-corrected chi connectivity index (χ1v) is 5.32. The minimum atomic E-state index is 0.159. The zero-order valence-electron chi connectivity index (χ0n) is 9.19. The van der Waals surface area contributed by atoms with Crippen molar-refractivity contribution < 1.29 is 5.11 Å². The van der Waals surface area contributed by atoms with Crippen LogP contribution in [0.2, 0.25) is 0 Å². The molecule has 1 aromatic carbocycles. The number of benzene rings is 1. The van der Waals surface area contributed by atoms with Crippen molar-refractivity contribution >= 4 is 5.69 Å². The lowest BCUT2D eigenvalue weighted by atomic mass is 9.89. The molecule has 15 heavy (non-hydrogen) atoms. The lowest BCUT2D eigenvalue weighted by Gasteiger charge is -2.20. The van der Waals surface area contributed by atoms with Gasteiger partial charge >= 0.3 is 0 Å². The molecule has 0 aliphatic carbocycles. The van der Waals surface area contributed by atoms with Crippen LogP contribution in [-0.4, -0.2) is 18.3 Å². The highest BCUT2D eigenvalue weighted by molar-refractivity contribution is 5.39. The van der Waals surface area contributed by atoms with Crippen LogP contribution in [0.5, 0.6) is 0 Å². The molecule has 5 N–H and O–H groups in total. The Morgan fingerprint density at radius 3 is 2.33 bits per heavy atom. The predicted molar refractivity (Wildman–Crippen MR) is 63.4 cm³/mol. The summed E-state index contributed by atoms with van der Waals surface area (Å²) in [6.07, 6.45) is 0.933. The van der Waals surface area contributed by atoms with Crippen LogP contribution >= 0.6 is 0 Å². The third-order valence-electron chi connectivity index (χ3n) is 2.88. The van der Waals surface area contributed by atoms with E-state index in [1.165, 1.54) is 5.56 Å². The summed E-state index contributed by atoms with van der Waals surface area (Å²) in [4.78, 5) is 0. The van der Waals surface area contributed by atoms with E-state index in [0.29, 0.717) is 12.5 Å². The maximum absolute atomic E-state index is 9.12. The van der Waals surface area contributed by atoms with Gasteiger partial charge in [-0.3, -0.25) is 0 Å². The van der Waals surface area contributed by atoms with E-state index in [9.17, 15) is 0 Å². The Hall–Kier alpha value is -1.06. The number of hydrogen-bond donors (Lipinski definition) is 3. The zero-order valence-corrected chi connectivity index (χ0v) is 9.19. The molecule has 0 aliphatic heterocycles. The first-order chi connectivity index (χ1) is 7.17. The molecule has 2 atom stereocenters. The fourth-order valence-corrected chi connectivity index (χ4v) is 1.68. The standard InChI is InChI=1S/C12H20N2O/c1-9(11(7-13)8-15)6-10-2-4-12(14)5-3-10/h2-5,9,11,15H,6-8,13-14H2,1H3. The quantitative estimate of drug-likeness (QED) is 0.632. The van der Waals surface area contributed by atoms with E-state index in [2.05, 4.69) is 6.92 Å². The van der Waals surface area contributed by atoms with Gasteiger partial charge in [-0.15, -0.1) is 0 Å². The monoisotopic (exact) mass is 208 g/mol. The molecular formula is C12H20N2O. The van der Waals surface area contributed by atoms with Gasteiger partial charge < -0.3 is 16.6 Å². The average molecular weight is 208 g/mol. The summed E-state index contributed by atoms with van der Waals surface area (Å²) in [6, 6.07) is 7.85. The Morgan fingerprint density at radius 1 is 1.27 bits per heavy atom. The van der Waals surface area contributed by atoms with Gasteiger partial charge in [0.25, 0.3) is 0 Å². The SMILES string of the molecule is CC(Cc1ccc(N)cc1)C(CN)CO. The maximum atomic E-state index is 9.12. The van der Waals surface area contributed by atoms with Crippen molar-refractivity contribution in [3.8, 4) is 0 Å². The topological polar surface area (TPSA) is 72.3 Å². The summed E-state index contributed by atoms with van der Waals surface area (Å²) in [7, 11) is 0. The number of aliphatic hydroxyl groups excluding tert-OH is 1. The van der Waals surface area contributed by atoms with Gasteiger partial charge in [0.2, 0.25) is 0 Å². The van der Waals surface area contributed by atoms with Crippen LogP contribution in [0.15, 0.2) is 24.3 Å². The number of anilines is 1. The number of hydrogen-bond acceptors (Lipinski definition) is 3. The van der Waals surface area contributed by atoms with Gasteiger partial charge in [0.15, 0.2) is 0 Å². The van der Waals surface area contributed by atoms with Crippen molar-refractivity contribution in [2.45, 2.75) is 13.3 Å².